The number of hydrogen-bond acceptors (Lipinski definition) is 4. The van der Waals surface area contributed by atoms with Gasteiger partial charge in [0.25, 0.3) is 0 Å². The average Bonchev–Trinajstić information content (AvgIpc) is 1.97. The molecule has 0 spiro atoms. The number of ether oxygens (including phenoxy) is 1. The van der Waals surface area contributed by atoms with E-state index >= 15 is 0 Å². The Labute approximate surface area is 67.7 Å². The molecular weight excluding hydrogens is 162 g/mol. The van der Waals surface area contributed by atoms with Crippen molar-refractivity contribution in [3.8, 4) is 5.75 Å². The Balaban J connectivity index is 3.13. The first-order chi connectivity index (χ1) is 5.61. The lowest BCUT2D eigenvalue weighted by atomic mass is 10.4. The van der Waals surface area contributed by atoms with E-state index in [9.17, 15) is 9.59 Å². The molecule has 2 N–H and O–H groups in total. The first kappa shape index (κ1) is 8.32. The Kier molecular flexibility index (Phi) is 2.14. The number of carbonyl (C=O) groups excluding carboxylic acids is 1. The molecule has 0 saturated heterocycles. The third-order valence-corrected chi connectivity index (χ3v) is 1.21. The third kappa shape index (κ3) is 1.63. The summed E-state index contributed by atoms with van der Waals surface area (Å²) in [5.74, 6) is 0.0614. The van der Waals surface area contributed by atoms with Crippen molar-refractivity contribution in [2.75, 3.05) is 0 Å². The lowest BCUT2D eigenvalue weighted by molar-refractivity contribution is 0.208. The zero-order valence-electron chi connectivity index (χ0n) is 6.37. The normalized spacial score (nSPS) is 9.42. The molecule has 0 bridgehead atoms. The summed E-state index contributed by atoms with van der Waals surface area (Å²) in [4.78, 5) is 21.3. The Bertz CT molecular complexity index is 355. The van der Waals surface area contributed by atoms with Crippen molar-refractivity contribution >= 4 is 6.09 Å². The van der Waals surface area contributed by atoms with E-state index in [4.69, 9.17) is 10.2 Å². The van der Waals surface area contributed by atoms with Gasteiger partial charge >= 0.3 is 6.09 Å². The van der Waals surface area contributed by atoms with Crippen LogP contribution in [-0.4, -0.2) is 6.09 Å². The molecule has 5 nitrogen and oxygen atoms in total. The van der Waals surface area contributed by atoms with Gasteiger partial charge in [-0.05, 0) is 6.92 Å². The van der Waals surface area contributed by atoms with E-state index in [2.05, 4.69) is 4.74 Å². The van der Waals surface area contributed by atoms with Crippen LogP contribution in [0.5, 0.6) is 5.75 Å². The summed E-state index contributed by atoms with van der Waals surface area (Å²) in [6, 6.07) is 1.14. The molecule has 12 heavy (non-hydrogen) atoms. The molecule has 0 aliphatic heterocycles. The van der Waals surface area contributed by atoms with Gasteiger partial charge in [0.15, 0.2) is 0 Å². The van der Waals surface area contributed by atoms with E-state index in [0.717, 1.165) is 6.07 Å². The van der Waals surface area contributed by atoms with Crippen molar-refractivity contribution < 1.29 is 13.9 Å². The van der Waals surface area contributed by atoms with E-state index in [0.29, 0.717) is 0 Å². The molecule has 64 valence electrons. The number of amides is 1. The summed E-state index contributed by atoms with van der Waals surface area (Å²) in [6.07, 6.45) is 0.183. The molecule has 1 heterocycles. The minimum absolute atomic E-state index is 0.162. The number of carbonyl (C=O) groups is 1. The van der Waals surface area contributed by atoms with Gasteiger partial charge in [0.2, 0.25) is 11.2 Å². The second kappa shape index (κ2) is 3.08. The van der Waals surface area contributed by atoms with Gasteiger partial charge in [0, 0.05) is 6.07 Å². The summed E-state index contributed by atoms with van der Waals surface area (Å²) in [6.45, 7) is 1.50. The van der Waals surface area contributed by atoms with Crippen LogP contribution in [0, 0.1) is 6.92 Å². The molecule has 1 rings (SSSR count). The van der Waals surface area contributed by atoms with E-state index in [1.165, 1.54) is 13.2 Å². The van der Waals surface area contributed by atoms with Crippen LogP contribution in [0.25, 0.3) is 0 Å². The van der Waals surface area contributed by atoms with Crippen LogP contribution >= 0.6 is 0 Å². The van der Waals surface area contributed by atoms with E-state index in [1.54, 1.807) is 0 Å². The Hall–Kier alpha value is -1.78. The standard InChI is InChI=1S/C7H7NO4/c1-4-6(12-7(8)10)5(9)2-3-11-4/h2-3H,1H3,(H2,8,10). The zero-order chi connectivity index (χ0) is 9.14. The van der Waals surface area contributed by atoms with Crippen LogP contribution in [0.15, 0.2) is 21.5 Å². The summed E-state index contributed by atoms with van der Waals surface area (Å²) >= 11 is 0. The van der Waals surface area contributed by atoms with Crippen LogP contribution in [0.3, 0.4) is 0 Å². The van der Waals surface area contributed by atoms with Crippen LogP contribution in [-0.2, 0) is 0 Å². The lowest BCUT2D eigenvalue weighted by Crippen LogP contribution is -2.20. The minimum atomic E-state index is -1.03. The van der Waals surface area contributed by atoms with Crippen molar-refractivity contribution in [1.29, 1.82) is 0 Å². The SMILES string of the molecule is Cc1occc(=O)c1OC(N)=O. The van der Waals surface area contributed by atoms with Crippen LogP contribution < -0.4 is 15.9 Å². The van der Waals surface area contributed by atoms with E-state index in [1.807, 2.05) is 0 Å². The maximum atomic E-state index is 11.0. The highest BCUT2D eigenvalue weighted by Crippen LogP contribution is 2.09. The summed E-state index contributed by atoms with van der Waals surface area (Å²) in [7, 11) is 0. The topological polar surface area (TPSA) is 82.5 Å². The van der Waals surface area contributed by atoms with Gasteiger partial charge in [0.05, 0.1) is 6.26 Å². The van der Waals surface area contributed by atoms with Crippen molar-refractivity contribution in [2.45, 2.75) is 6.92 Å². The monoisotopic (exact) mass is 169 g/mol. The molecule has 1 amide bonds. The van der Waals surface area contributed by atoms with Gasteiger partial charge in [-0.25, -0.2) is 4.79 Å². The highest BCUT2D eigenvalue weighted by molar-refractivity contribution is 5.68. The van der Waals surface area contributed by atoms with Crippen LogP contribution in [0.1, 0.15) is 5.76 Å². The predicted octanol–water partition coefficient (Wildman–Crippen LogP) is 0.406. The fourth-order valence-corrected chi connectivity index (χ4v) is 0.723. The Morgan fingerprint density at radius 2 is 2.33 bits per heavy atom. The quantitative estimate of drug-likeness (QED) is 0.659. The fraction of sp³-hybridized carbons (Fsp3) is 0.143. The molecule has 0 saturated carbocycles. The van der Waals surface area contributed by atoms with Gasteiger partial charge in [-0.15, -0.1) is 0 Å². The molecule has 1 aromatic rings. The summed E-state index contributed by atoms with van der Waals surface area (Å²) in [5.41, 5.74) is 4.29. The smallest absolute Gasteiger partial charge is 0.410 e. The predicted molar refractivity (Wildman–Crippen MR) is 39.9 cm³/mol. The van der Waals surface area contributed by atoms with Gasteiger partial charge in [-0.1, -0.05) is 0 Å². The summed E-state index contributed by atoms with van der Waals surface area (Å²) in [5, 5.41) is 0. The molecule has 0 atom stereocenters. The van der Waals surface area contributed by atoms with Crippen LogP contribution in [0.4, 0.5) is 4.79 Å². The molecule has 0 aliphatic carbocycles. The summed E-state index contributed by atoms with van der Waals surface area (Å²) < 4.78 is 9.22. The van der Waals surface area contributed by atoms with Crippen LogP contribution in [0.2, 0.25) is 0 Å². The number of primary amides is 1. The third-order valence-electron chi connectivity index (χ3n) is 1.21. The average molecular weight is 169 g/mol. The van der Waals surface area contributed by atoms with Gasteiger partial charge < -0.3 is 14.9 Å². The minimum Gasteiger partial charge on any atom is -0.465 e. The molecule has 0 radical (unpaired) electrons. The molecule has 0 aliphatic rings. The van der Waals surface area contributed by atoms with E-state index in [-0.39, 0.29) is 11.5 Å². The van der Waals surface area contributed by atoms with Gasteiger partial charge in [-0.2, -0.15) is 0 Å². The highest BCUT2D eigenvalue weighted by atomic mass is 16.6. The maximum Gasteiger partial charge on any atom is 0.410 e. The molecule has 0 aromatic carbocycles. The maximum absolute atomic E-state index is 11.0. The Morgan fingerprint density at radius 1 is 1.67 bits per heavy atom. The first-order valence-corrected chi connectivity index (χ1v) is 3.17. The number of nitrogens with two attached hydrogens (primary N) is 1. The van der Waals surface area contributed by atoms with Gasteiger partial charge in [-0.3, -0.25) is 4.79 Å². The van der Waals surface area contributed by atoms with Crippen molar-refractivity contribution in [3.63, 3.8) is 0 Å². The van der Waals surface area contributed by atoms with Gasteiger partial charge in [0.1, 0.15) is 5.76 Å². The second-order valence-electron chi connectivity index (χ2n) is 2.09. The van der Waals surface area contributed by atoms with Crippen molar-refractivity contribution in [1.82, 2.24) is 0 Å². The zero-order valence-corrected chi connectivity index (χ0v) is 6.37. The fourth-order valence-electron chi connectivity index (χ4n) is 0.723. The molecule has 5 heteroatoms. The molecule has 0 fully saturated rings. The van der Waals surface area contributed by atoms with E-state index < -0.39 is 11.5 Å². The molecular formula is C7H7NO4. The van der Waals surface area contributed by atoms with Crippen molar-refractivity contribution in [2.24, 2.45) is 5.73 Å². The molecule has 1 aromatic heterocycles. The number of hydrogen-bond donors (Lipinski definition) is 1. The number of aryl methyl sites for hydroxylation is 1. The van der Waals surface area contributed by atoms with Crippen molar-refractivity contribution in [3.05, 3.63) is 28.3 Å². The first-order valence-electron chi connectivity index (χ1n) is 3.17. The largest absolute Gasteiger partial charge is 0.465 e. The highest BCUT2D eigenvalue weighted by Gasteiger charge is 2.08. The molecule has 0 unspecified atom stereocenters. The Morgan fingerprint density at radius 3 is 2.83 bits per heavy atom. The lowest BCUT2D eigenvalue weighted by Gasteiger charge is -2.00. The second-order valence-corrected chi connectivity index (χ2v) is 2.09. The number of rotatable bonds is 1.